The number of ketones is 1. The van der Waals surface area contributed by atoms with E-state index in [-0.39, 0.29) is 31.6 Å². The summed E-state index contributed by atoms with van der Waals surface area (Å²) in [6, 6.07) is 30.5. The molecule has 2 heterocycles. The second kappa shape index (κ2) is 10.0. The van der Waals surface area contributed by atoms with E-state index in [9.17, 15) is 13.2 Å². The first kappa shape index (κ1) is 26.7. The Morgan fingerprint density at radius 1 is 0.795 bits per heavy atom. The number of nitrogens with zero attached hydrogens (tertiary/aromatic N) is 1. The normalized spacial score (nSPS) is 13.4. The fourth-order valence-electron chi connectivity index (χ4n) is 5.20. The number of aliphatic hydroxyl groups is 1. The van der Waals surface area contributed by atoms with E-state index >= 15 is 0 Å². The predicted molar refractivity (Wildman–Crippen MR) is 148 cm³/mol. The molecule has 7 rings (SSSR count). The third kappa shape index (κ3) is 4.43. The summed E-state index contributed by atoms with van der Waals surface area (Å²) in [5.41, 5.74) is 8.47. The van der Waals surface area contributed by atoms with Crippen LogP contribution in [0.25, 0.3) is 55.5 Å². The van der Waals surface area contributed by atoms with Crippen molar-refractivity contribution in [2.75, 3.05) is 0 Å². The minimum atomic E-state index is -3.54. The molecule has 5 nitrogen and oxygen atoms in total. The number of allylic oxidation sites excluding steroid dienone is 2. The molecule has 0 atom stereocenters. The largest absolute Gasteiger partial charge is 0.512 e. The fourth-order valence-corrected chi connectivity index (χ4v) is 6.90. The van der Waals surface area contributed by atoms with Gasteiger partial charge in [0.2, 0.25) is 0 Å². The molecule has 0 saturated carbocycles. The molecule has 1 radical (unpaired) electrons. The summed E-state index contributed by atoms with van der Waals surface area (Å²) < 4.78 is 26.3. The van der Waals surface area contributed by atoms with Gasteiger partial charge in [-0.15, -0.1) is 23.8 Å². The maximum atomic E-state index is 13.1. The minimum Gasteiger partial charge on any atom is -0.512 e. The molecule has 4 aromatic carbocycles. The van der Waals surface area contributed by atoms with Crippen LogP contribution in [0.3, 0.4) is 0 Å². The van der Waals surface area contributed by atoms with Crippen LogP contribution in [-0.2, 0) is 34.7 Å². The van der Waals surface area contributed by atoms with E-state index in [0.717, 1.165) is 27.7 Å². The van der Waals surface area contributed by atoms with Gasteiger partial charge in [0.05, 0.1) is 16.2 Å². The van der Waals surface area contributed by atoms with E-state index in [2.05, 4.69) is 36.4 Å². The molecule has 2 aliphatic rings. The molecule has 1 aromatic heterocycles. The maximum Gasteiger partial charge on any atom is 0.189 e. The predicted octanol–water partition coefficient (Wildman–Crippen LogP) is 7.20. The van der Waals surface area contributed by atoms with Crippen LogP contribution in [0.1, 0.15) is 13.8 Å². The summed E-state index contributed by atoms with van der Waals surface area (Å²) in [7, 11) is -3.54. The molecule has 39 heavy (non-hydrogen) atoms. The maximum absolute atomic E-state index is 13.1. The number of sulfone groups is 1. The molecule has 7 heteroatoms. The van der Waals surface area contributed by atoms with Crippen LogP contribution in [0, 0.1) is 6.07 Å². The Kier molecular flexibility index (Phi) is 6.85. The molecule has 5 aromatic rings. The van der Waals surface area contributed by atoms with Crippen LogP contribution in [0.15, 0.2) is 107 Å². The monoisotopic (exact) mass is 709 g/mol. The number of aromatic nitrogens is 1. The van der Waals surface area contributed by atoms with Crippen LogP contribution >= 0.6 is 0 Å². The van der Waals surface area contributed by atoms with Gasteiger partial charge in [0.15, 0.2) is 15.6 Å². The fraction of sp³-hybridized carbons (Fsp3) is 0.0625. The van der Waals surface area contributed by atoms with Gasteiger partial charge in [-0.1, -0.05) is 66.2 Å². The van der Waals surface area contributed by atoms with Gasteiger partial charge >= 0.3 is 0 Å². The molecule has 0 fully saturated rings. The topological polar surface area (TPSA) is 84.3 Å². The Morgan fingerprint density at radius 3 is 2.10 bits per heavy atom. The number of rotatable bonds is 2. The van der Waals surface area contributed by atoms with Gasteiger partial charge < -0.3 is 5.11 Å². The van der Waals surface area contributed by atoms with Gasteiger partial charge in [-0.25, -0.2) is 8.42 Å². The quantitative estimate of drug-likeness (QED) is 0.117. The molecule has 1 aliphatic heterocycles. The number of benzene rings is 4. The molecule has 1 aliphatic carbocycles. The zero-order valence-electron chi connectivity index (χ0n) is 21.0. The van der Waals surface area contributed by atoms with Crippen molar-refractivity contribution >= 4 is 26.5 Å². The Morgan fingerprint density at radius 2 is 1.44 bits per heavy atom. The first-order chi connectivity index (χ1) is 18.3. The van der Waals surface area contributed by atoms with Gasteiger partial charge in [-0.3, -0.25) is 9.78 Å². The Bertz CT molecular complexity index is 1940. The van der Waals surface area contributed by atoms with E-state index in [1.165, 1.54) is 36.6 Å². The molecular weight excluding hydrogens is 687 g/mol. The number of pyridine rings is 1. The third-order valence-corrected chi connectivity index (χ3v) is 8.55. The number of hydrogen-bond acceptors (Lipinski definition) is 5. The molecule has 0 spiro atoms. The number of carbonyl (C=O) groups is 1. The van der Waals surface area contributed by atoms with Crippen LogP contribution in [0.4, 0.5) is 0 Å². The first-order valence-corrected chi connectivity index (χ1v) is 13.6. The standard InChI is InChI=1S/C27H14NO2S.C5H8O2.Ir/c29-31(30)25-11-4-3-8-19(25)20-13-12-16(14-26(20)31)24-15-22-18-7-2-1-6-17(18)21-9-5-10-23(28-24)27(21)22;1-4(6)3-5(2)7;/h1-11,13-15H;3,6H,1-2H3;/q-1;;. The van der Waals surface area contributed by atoms with Crippen molar-refractivity contribution in [2.45, 2.75) is 23.6 Å². The van der Waals surface area contributed by atoms with Crippen molar-refractivity contribution < 1.29 is 38.4 Å². The number of fused-ring (bicyclic) bond motifs is 6. The molecule has 195 valence electrons. The zero-order chi connectivity index (χ0) is 26.6. The van der Waals surface area contributed by atoms with Gasteiger partial charge in [0.1, 0.15) is 0 Å². The van der Waals surface area contributed by atoms with E-state index in [1.54, 1.807) is 24.3 Å². The zero-order valence-corrected chi connectivity index (χ0v) is 24.2. The number of hydrogen-bond donors (Lipinski definition) is 1. The van der Waals surface area contributed by atoms with Crippen LogP contribution in [0.5, 0.6) is 0 Å². The summed E-state index contributed by atoms with van der Waals surface area (Å²) >= 11 is 0. The van der Waals surface area contributed by atoms with Crippen molar-refractivity contribution in [3.63, 3.8) is 0 Å². The molecule has 0 saturated heterocycles. The van der Waals surface area contributed by atoms with Gasteiger partial charge in [0, 0.05) is 31.6 Å². The van der Waals surface area contributed by atoms with Gasteiger partial charge in [-0.05, 0) is 64.4 Å². The summed E-state index contributed by atoms with van der Waals surface area (Å²) in [5, 5.41) is 9.51. The summed E-state index contributed by atoms with van der Waals surface area (Å²) in [6.45, 7) is 2.85. The van der Waals surface area contributed by atoms with E-state index in [0.29, 0.717) is 20.9 Å². The van der Waals surface area contributed by atoms with Crippen LogP contribution in [0.2, 0.25) is 0 Å². The summed E-state index contributed by atoms with van der Waals surface area (Å²) in [4.78, 5) is 15.6. The molecule has 0 bridgehead atoms. The summed E-state index contributed by atoms with van der Waals surface area (Å²) in [5.74, 6) is -0.0625. The van der Waals surface area contributed by atoms with Crippen molar-refractivity contribution in [3.8, 4) is 44.6 Å². The van der Waals surface area contributed by atoms with Gasteiger partial charge in [-0.2, -0.15) is 0 Å². The average molecular weight is 709 g/mol. The first-order valence-electron chi connectivity index (χ1n) is 12.1. The smallest absolute Gasteiger partial charge is 0.189 e. The Labute approximate surface area is 240 Å². The number of aliphatic hydroxyl groups excluding tert-OH is 1. The second-order valence-electron chi connectivity index (χ2n) is 9.32. The average Bonchev–Trinajstić information content (AvgIpc) is 3.34. The van der Waals surface area contributed by atoms with Crippen molar-refractivity contribution in [1.82, 2.24) is 4.98 Å². The van der Waals surface area contributed by atoms with Crippen LogP contribution < -0.4 is 0 Å². The molecular formula is C32H22IrNO4S-. The Hall–Kier alpha value is -3.90. The SMILES string of the molecule is CC(=O)C=C(C)O.O=S1(=O)c2ccccc2-c2c[c-]c(-c3cc4c5c(cccc5n3)-c3ccccc3-4)cc21.[Ir]. The van der Waals surface area contributed by atoms with Gasteiger partial charge in [0.25, 0.3) is 0 Å². The molecule has 1 N–H and O–H groups in total. The second-order valence-corrected chi connectivity index (χ2v) is 11.2. The van der Waals surface area contributed by atoms with Crippen molar-refractivity contribution in [3.05, 3.63) is 103 Å². The third-order valence-electron chi connectivity index (χ3n) is 6.70. The summed E-state index contributed by atoms with van der Waals surface area (Å²) in [6.07, 6.45) is 1.17. The molecule has 0 unspecified atom stereocenters. The molecule has 0 amide bonds. The van der Waals surface area contributed by atoms with E-state index < -0.39 is 9.84 Å². The minimum absolute atomic E-state index is 0. The van der Waals surface area contributed by atoms with Crippen molar-refractivity contribution in [1.29, 1.82) is 0 Å². The van der Waals surface area contributed by atoms with Crippen molar-refractivity contribution in [2.24, 2.45) is 0 Å². The van der Waals surface area contributed by atoms with E-state index in [1.807, 2.05) is 30.3 Å². The Balaban J connectivity index is 0.000000345. The van der Waals surface area contributed by atoms with Crippen LogP contribution in [-0.4, -0.2) is 24.3 Å². The number of carbonyl (C=O) groups excluding carboxylic acids is 1. The van der Waals surface area contributed by atoms with E-state index in [4.69, 9.17) is 10.1 Å².